The van der Waals surface area contributed by atoms with Crippen molar-refractivity contribution in [3.05, 3.63) is 216 Å². The second kappa shape index (κ2) is 13.9. The Balaban J connectivity index is 1.10. The number of rotatable bonds is 6. The molecular formula is C57H44N2. The van der Waals surface area contributed by atoms with Gasteiger partial charge in [0.15, 0.2) is 5.84 Å². The second-order valence-electron chi connectivity index (χ2n) is 16.7. The van der Waals surface area contributed by atoms with Gasteiger partial charge in [0.1, 0.15) is 0 Å². The summed E-state index contributed by atoms with van der Waals surface area (Å²) in [4.78, 5) is 11.0. The van der Waals surface area contributed by atoms with Crippen molar-refractivity contribution in [3.8, 4) is 33.4 Å². The molecule has 282 valence electrons. The third kappa shape index (κ3) is 5.69. The predicted molar refractivity (Wildman–Crippen MR) is 250 cm³/mol. The molecule has 59 heavy (non-hydrogen) atoms. The quantitative estimate of drug-likeness (QED) is 0.151. The van der Waals surface area contributed by atoms with Crippen molar-refractivity contribution in [2.75, 3.05) is 0 Å². The zero-order valence-electron chi connectivity index (χ0n) is 33.7. The van der Waals surface area contributed by atoms with Gasteiger partial charge in [-0.25, -0.2) is 4.99 Å². The second-order valence-corrected chi connectivity index (χ2v) is 16.7. The van der Waals surface area contributed by atoms with Gasteiger partial charge >= 0.3 is 0 Å². The van der Waals surface area contributed by atoms with Crippen molar-refractivity contribution in [1.82, 2.24) is 0 Å². The van der Waals surface area contributed by atoms with E-state index < -0.39 is 0 Å². The van der Waals surface area contributed by atoms with Crippen molar-refractivity contribution in [3.63, 3.8) is 0 Å². The van der Waals surface area contributed by atoms with Gasteiger partial charge in [-0.1, -0.05) is 197 Å². The van der Waals surface area contributed by atoms with E-state index in [-0.39, 0.29) is 17.4 Å². The third-order valence-electron chi connectivity index (χ3n) is 13.1. The first-order valence-corrected chi connectivity index (χ1v) is 21.0. The van der Waals surface area contributed by atoms with Gasteiger partial charge in [-0.3, -0.25) is 4.99 Å². The van der Waals surface area contributed by atoms with Gasteiger partial charge in [-0.15, -0.1) is 0 Å². The van der Waals surface area contributed by atoms with E-state index in [1.54, 1.807) is 0 Å². The van der Waals surface area contributed by atoms with Gasteiger partial charge in [0, 0.05) is 16.9 Å². The minimum atomic E-state index is -0.0712. The molecule has 0 fully saturated rings. The Morgan fingerprint density at radius 3 is 1.78 bits per heavy atom. The number of hydrogen-bond acceptors (Lipinski definition) is 2. The highest BCUT2D eigenvalue weighted by Crippen LogP contribution is 2.50. The molecule has 0 spiro atoms. The van der Waals surface area contributed by atoms with Crippen LogP contribution in [0, 0.1) is 5.92 Å². The van der Waals surface area contributed by atoms with Crippen LogP contribution >= 0.6 is 0 Å². The molecule has 2 unspecified atom stereocenters. The molecule has 0 aromatic heterocycles. The average molecular weight is 757 g/mol. The topological polar surface area (TPSA) is 24.7 Å². The van der Waals surface area contributed by atoms with Crippen molar-refractivity contribution in [1.29, 1.82) is 0 Å². The van der Waals surface area contributed by atoms with Gasteiger partial charge in [0.05, 0.1) is 11.8 Å². The summed E-state index contributed by atoms with van der Waals surface area (Å²) in [5.41, 5.74) is 14.8. The number of nitrogens with zero attached hydrogens (tertiary/aromatic N) is 2. The van der Waals surface area contributed by atoms with Gasteiger partial charge in [0.2, 0.25) is 0 Å². The molecular weight excluding hydrogens is 713 g/mol. The molecule has 1 aliphatic carbocycles. The summed E-state index contributed by atoms with van der Waals surface area (Å²) in [5, 5.41) is 7.49. The van der Waals surface area contributed by atoms with E-state index in [4.69, 9.17) is 9.98 Å². The van der Waals surface area contributed by atoms with Crippen LogP contribution in [0.2, 0.25) is 0 Å². The molecule has 0 saturated heterocycles. The van der Waals surface area contributed by atoms with E-state index in [0.29, 0.717) is 0 Å². The summed E-state index contributed by atoms with van der Waals surface area (Å²) in [6, 6.07) is 68.9. The molecule has 0 N–H and O–H groups in total. The van der Waals surface area contributed by atoms with E-state index in [0.717, 1.165) is 29.1 Å². The molecule has 0 saturated carbocycles. The molecule has 1 heterocycles. The molecule has 1 aliphatic heterocycles. The lowest BCUT2D eigenvalue weighted by Gasteiger charge is -2.30. The van der Waals surface area contributed by atoms with Gasteiger partial charge in [0.25, 0.3) is 0 Å². The Morgan fingerprint density at radius 1 is 0.441 bits per heavy atom. The van der Waals surface area contributed by atoms with Gasteiger partial charge < -0.3 is 0 Å². The molecule has 2 atom stereocenters. The normalized spacial score (nSPS) is 16.8. The Bertz CT molecular complexity index is 3150. The van der Waals surface area contributed by atoms with Crippen molar-refractivity contribution < 1.29 is 0 Å². The number of amidine groups is 1. The molecule has 2 aliphatic rings. The summed E-state index contributed by atoms with van der Waals surface area (Å²) in [6.07, 6.45) is 0.929. The zero-order valence-corrected chi connectivity index (χ0v) is 33.7. The Kier molecular flexibility index (Phi) is 8.30. The largest absolute Gasteiger partial charge is 0.257 e. The zero-order chi connectivity index (χ0) is 39.7. The first-order chi connectivity index (χ1) is 29.0. The highest BCUT2D eigenvalue weighted by molar-refractivity contribution is 6.29. The Morgan fingerprint density at radius 2 is 1.02 bits per heavy atom. The third-order valence-corrected chi connectivity index (χ3v) is 13.1. The van der Waals surface area contributed by atoms with Crippen LogP contribution in [0.1, 0.15) is 61.1 Å². The number of hydrogen-bond donors (Lipinski definition) is 0. The van der Waals surface area contributed by atoms with Crippen LogP contribution in [-0.4, -0.2) is 11.5 Å². The average Bonchev–Trinajstić information content (AvgIpc) is 3.54. The standard InChI is InChI=1S/C57H44N2/c1-4-42-54(38-18-9-6-10-19-38)58-56(59-55(42)39-28-26-37(27-29-39)36-16-7-5-8-17-36)41-30-32-48-49(35-41)45-21-12-11-20-44(45)47-24-15-23-43(53(47)48)40-31-33-52-50(34-40)46-22-13-14-25-51(46)57(52,2)3/h5-35,42,55H,4H2,1-3H3. The monoisotopic (exact) mass is 756 g/mol. The van der Waals surface area contributed by atoms with Crippen LogP contribution in [0.5, 0.6) is 0 Å². The summed E-state index contributed by atoms with van der Waals surface area (Å²) in [5.74, 6) is 0.923. The van der Waals surface area contributed by atoms with E-state index in [2.05, 4.69) is 209 Å². The fraction of sp³-hybridized carbons (Fsp3) is 0.123. The molecule has 9 aromatic rings. The fourth-order valence-electron chi connectivity index (χ4n) is 10.1. The van der Waals surface area contributed by atoms with Crippen molar-refractivity contribution in [2.24, 2.45) is 15.9 Å². The number of benzene rings is 9. The predicted octanol–water partition coefficient (Wildman–Crippen LogP) is 14.8. The van der Waals surface area contributed by atoms with Crippen LogP contribution < -0.4 is 0 Å². The van der Waals surface area contributed by atoms with Crippen molar-refractivity contribution in [2.45, 2.75) is 38.6 Å². The Hall–Kier alpha value is -6.90. The number of aliphatic imine (C=N–C) groups is 2. The van der Waals surface area contributed by atoms with E-state index in [1.807, 2.05) is 0 Å². The SMILES string of the molecule is CCC1C(c2ccccc2)=NC(c2ccc3c(c2)c2ccccc2c2cccc(-c4ccc5c(c4)-c4ccccc4C5(C)C)c23)=NC1c1ccc(-c2ccccc2)cc1. The fourth-order valence-corrected chi connectivity index (χ4v) is 10.1. The minimum absolute atomic E-state index is 0.0328. The van der Waals surface area contributed by atoms with Crippen LogP contribution in [0.3, 0.4) is 0 Å². The highest BCUT2D eigenvalue weighted by atomic mass is 15.0. The molecule has 2 heteroatoms. The summed E-state index contributed by atoms with van der Waals surface area (Å²) in [6.45, 7) is 6.96. The maximum absolute atomic E-state index is 5.56. The maximum atomic E-state index is 5.56. The summed E-state index contributed by atoms with van der Waals surface area (Å²) >= 11 is 0. The minimum Gasteiger partial charge on any atom is -0.257 e. The number of fused-ring (bicyclic) bond motifs is 9. The first-order valence-electron chi connectivity index (χ1n) is 21.0. The summed E-state index contributed by atoms with van der Waals surface area (Å²) in [7, 11) is 0. The van der Waals surface area contributed by atoms with Crippen LogP contribution in [0.15, 0.2) is 198 Å². The highest BCUT2D eigenvalue weighted by Gasteiger charge is 2.35. The van der Waals surface area contributed by atoms with Crippen molar-refractivity contribution >= 4 is 43.9 Å². The lowest BCUT2D eigenvalue weighted by molar-refractivity contribution is 0.532. The van der Waals surface area contributed by atoms with Crippen LogP contribution in [-0.2, 0) is 5.41 Å². The smallest absolute Gasteiger partial charge is 0.155 e. The molecule has 9 aromatic carbocycles. The molecule has 2 nitrogen and oxygen atoms in total. The van der Waals surface area contributed by atoms with Gasteiger partial charge in [-0.05, 0) is 107 Å². The lowest BCUT2D eigenvalue weighted by Crippen LogP contribution is -2.28. The summed E-state index contributed by atoms with van der Waals surface area (Å²) < 4.78 is 0. The van der Waals surface area contributed by atoms with E-state index >= 15 is 0 Å². The Labute approximate surface area is 346 Å². The van der Waals surface area contributed by atoms with Crippen LogP contribution in [0.4, 0.5) is 0 Å². The molecule has 0 amide bonds. The van der Waals surface area contributed by atoms with Gasteiger partial charge in [-0.2, -0.15) is 0 Å². The lowest BCUT2D eigenvalue weighted by atomic mass is 9.82. The van der Waals surface area contributed by atoms with E-state index in [9.17, 15) is 0 Å². The molecule has 0 radical (unpaired) electrons. The molecule has 0 bridgehead atoms. The maximum Gasteiger partial charge on any atom is 0.155 e. The first kappa shape index (κ1) is 35.3. The van der Waals surface area contributed by atoms with E-state index in [1.165, 1.54) is 82.4 Å². The van der Waals surface area contributed by atoms with Crippen LogP contribution in [0.25, 0.3) is 65.7 Å². The molecule has 11 rings (SSSR count).